The van der Waals surface area contributed by atoms with Crippen LogP contribution in [0, 0.1) is 0 Å². The zero-order chi connectivity index (χ0) is 12.2. The number of rotatable bonds is 0. The average Bonchev–Trinajstić information content (AvgIpc) is 3.08. The Morgan fingerprint density at radius 1 is 0.944 bits per heavy atom. The number of aromatic amines is 1. The standard InChI is InChI=1S/C8H6O.C7H6N2/c1-2-4-8-7(3-1)5-6-9-8;1-3-8-5-7-6(1)2-4-9-7/h1-6H;1-5,9H. The van der Waals surface area contributed by atoms with Crippen LogP contribution >= 0.6 is 0 Å². The average molecular weight is 236 g/mol. The molecule has 0 atom stereocenters. The molecule has 1 N–H and O–H groups in total. The van der Waals surface area contributed by atoms with Crippen LogP contribution in [0.3, 0.4) is 0 Å². The molecule has 0 saturated carbocycles. The lowest BCUT2D eigenvalue weighted by atomic mass is 10.3. The summed E-state index contributed by atoms with van der Waals surface area (Å²) in [7, 11) is 0. The normalized spacial score (nSPS) is 10.2. The third kappa shape index (κ3) is 2.11. The van der Waals surface area contributed by atoms with Gasteiger partial charge in [-0.25, -0.2) is 0 Å². The summed E-state index contributed by atoms with van der Waals surface area (Å²) < 4.78 is 5.12. The second-order valence-electron chi connectivity index (χ2n) is 3.90. The lowest BCUT2D eigenvalue weighted by Gasteiger charge is -1.82. The van der Waals surface area contributed by atoms with E-state index < -0.39 is 0 Å². The van der Waals surface area contributed by atoms with Gasteiger partial charge in [-0.3, -0.25) is 4.98 Å². The molecule has 4 rings (SSSR count). The molecule has 0 aliphatic heterocycles. The van der Waals surface area contributed by atoms with Crippen molar-refractivity contribution in [2.75, 3.05) is 0 Å². The maximum atomic E-state index is 5.12. The van der Waals surface area contributed by atoms with E-state index in [1.807, 2.05) is 54.9 Å². The van der Waals surface area contributed by atoms with Crippen LogP contribution in [-0.4, -0.2) is 9.97 Å². The number of aromatic nitrogens is 2. The fourth-order valence-corrected chi connectivity index (χ4v) is 1.80. The Morgan fingerprint density at radius 3 is 2.78 bits per heavy atom. The van der Waals surface area contributed by atoms with E-state index in [9.17, 15) is 0 Å². The van der Waals surface area contributed by atoms with Crippen LogP contribution < -0.4 is 0 Å². The van der Waals surface area contributed by atoms with Gasteiger partial charge in [0.05, 0.1) is 18.0 Å². The van der Waals surface area contributed by atoms with E-state index >= 15 is 0 Å². The first kappa shape index (κ1) is 10.6. The minimum Gasteiger partial charge on any atom is -0.464 e. The van der Waals surface area contributed by atoms with E-state index in [0.29, 0.717) is 0 Å². The summed E-state index contributed by atoms with van der Waals surface area (Å²) in [5.74, 6) is 0. The molecular weight excluding hydrogens is 224 g/mol. The lowest BCUT2D eigenvalue weighted by Crippen LogP contribution is -1.68. The molecule has 0 saturated heterocycles. The van der Waals surface area contributed by atoms with E-state index in [2.05, 4.69) is 9.97 Å². The van der Waals surface area contributed by atoms with Crippen LogP contribution in [-0.2, 0) is 0 Å². The first-order valence-corrected chi connectivity index (χ1v) is 5.73. The van der Waals surface area contributed by atoms with E-state index in [4.69, 9.17) is 4.42 Å². The van der Waals surface area contributed by atoms with Crippen molar-refractivity contribution >= 4 is 21.9 Å². The summed E-state index contributed by atoms with van der Waals surface area (Å²) in [5, 5.41) is 2.38. The molecule has 18 heavy (non-hydrogen) atoms. The molecule has 3 nitrogen and oxygen atoms in total. The number of para-hydroxylation sites is 1. The van der Waals surface area contributed by atoms with Crippen molar-refractivity contribution in [3.63, 3.8) is 0 Å². The van der Waals surface area contributed by atoms with Crippen molar-refractivity contribution in [1.29, 1.82) is 0 Å². The highest BCUT2D eigenvalue weighted by atomic mass is 16.3. The topological polar surface area (TPSA) is 41.8 Å². The molecule has 0 spiro atoms. The number of fused-ring (bicyclic) bond motifs is 2. The third-order valence-corrected chi connectivity index (χ3v) is 2.72. The maximum Gasteiger partial charge on any atom is 0.133 e. The first-order chi connectivity index (χ1) is 8.93. The SMILES string of the molecule is c1cc2cc[nH]c2cn1.c1ccc2occc2c1. The maximum absolute atomic E-state index is 5.12. The molecule has 1 aromatic carbocycles. The summed E-state index contributed by atoms with van der Waals surface area (Å²) in [4.78, 5) is 7.01. The summed E-state index contributed by atoms with van der Waals surface area (Å²) in [5.41, 5.74) is 2.05. The number of nitrogens with one attached hydrogen (secondary N) is 1. The minimum atomic E-state index is 0.956. The summed E-state index contributed by atoms with van der Waals surface area (Å²) >= 11 is 0. The third-order valence-electron chi connectivity index (χ3n) is 2.72. The number of hydrogen-bond donors (Lipinski definition) is 1. The fourth-order valence-electron chi connectivity index (χ4n) is 1.80. The molecule has 0 amide bonds. The summed E-state index contributed by atoms with van der Waals surface area (Å²) in [6.07, 6.45) is 7.21. The number of hydrogen-bond acceptors (Lipinski definition) is 2. The Hall–Kier alpha value is -2.55. The van der Waals surface area contributed by atoms with E-state index in [1.165, 1.54) is 5.39 Å². The molecule has 3 heterocycles. The molecule has 0 unspecified atom stereocenters. The number of benzene rings is 1. The predicted octanol–water partition coefficient (Wildman–Crippen LogP) is 4.00. The van der Waals surface area contributed by atoms with E-state index in [-0.39, 0.29) is 0 Å². The molecule has 0 fully saturated rings. The highest BCUT2D eigenvalue weighted by Crippen LogP contribution is 2.12. The predicted molar refractivity (Wildman–Crippen MR) is 72.3 cm³/mol. The smallest absolute Gasteiger partial charge is 0.133 e. The molecule has 0 aliphatic carbocycles. The molecule has 3 aromatic heterocycles. The highest BCUT2D eigenvalue weighted by Gasteiger charge is 1.89. The van der Waals surface area contributed by atoms with Gasteiger partial charge < -0.3 is 9.40 Å². The van der Waals surface area contributed by atoms with Crippen molar-refractivity contribution in [3.8, 4) is 0 Å². The van der Waals surface area contributed by atoms with Crippen LogP contribution in [0.5, 0.6) is 0 Å². The number of furan rings is 1. The Kier molecular flexibility index (Phi) is 2.80. The second-order valence-corrected chi connectivity index (χ2v) is 3.90. The molecule has 0 radical (unpaired) electrons. The van der Waals surface area contributed by atoms with Gasteiger partial charge in [0.2, 0.25) is 0 Å². The van der Waals surface area contributed by atoms with Gasteiger partial charge in [-0.15, -0.1) is 0 Å². The summed E-state index contributed by atoms with van der Waals surface area (Å²) in [6.45, 7) is 0. The number of H-pyrrole nitrogens is 1. The van der Waals surface area contributed by atoms with Crippen LogP contribution in [0.15, 0.2) is 71.7 Å². The van der Waals surface area contributed by atoms with Gasteiger partial charge >= 0.3 is 0 Å². The van der Waals surface area contributed by atoms with Crippen molar-refractivity contribution in [2.24, 2.45) is 0 Å². The fraction of sp³-hybridized carbons (Fsp3) is 0. The van der Waals surface area contributed by atoms with Gasteiger partial charge in [0, 0.05) is 23.2 Å². The molecule has 0 aliphatic rings. The van der Waals surface area contributed by atoms with Gasteiger partial charge in [0.15, 0.2) is 0 Å². The van der Waals surface area contributed by atoms with Crippen LogP contribution in [0.25, 0.3) is 21.9 Å². The zero-order valence-corrected chi connectivity index (χ0v) is 9.71. The number of nitrogens with zero attached hydrogens (tertiary/aromatic N) is 1. The van der Waals surface area contributed by atoms with E-state index in [0.717, 1.165) is 16.5 Å². The molecule has 0 bridgehead atoms. The van der Waals surface area contributed by atoms with Gasteiger partial charge in [-0.05, 0) is 24.3 Å². The van der Waals surface area contributed by atoms with Gasteiger partial charge in [-0.2, -0.15) is 0 Å². The second kappa shape index (κ2) is 4.75. The lowest BCUT2D eigenvalue weighted by molar-refractivity contribution is 0.616. The zero-order valence-electron chi connectivity index (χ0n) is 9.71. The van der Waals surface area contributed by atoms with Crippen molar-refractivity contribution in [2.45, 2.75) is 0 Å². The Morgan fingerprint density at radius 2 is 1.89 bits per heavy atom. The number of pyridine rings is 1. The Labute approximate surface area is 104 Å². The van der Waals surface area contributed by atoms with Crippen LogP contribution in [0.4, 0.5) is 0 Å². The highest BCUT2D eigenvalue weighted by molar-refractivity contribution is 5.77. The minimum absolute atomic E-state index is 0.956. The monoisotopic (exact) mass is 236 g/mol. The molecule has 4 aromatic rings. The van der Waals surface area contributed by atoms with Crippen LogP contribution in [0.1, 0.15) is 0 Å². The van der Waals surface area contributed by atoms with Crippen molar-refractivity contribution < 1.29 is 4.42 Å². The largest absolute Gasteiger partial charge is 0.464 e. The van der Waals surface area contributed by atoms with Gasteiger partial charge in [-0.1, -0.05) is 18.2 Å². The summed E-state index contributed by atoms with van der Waals surface area (Å²) in [6, 6.07) is 13.9. The molecular formula is C15H12N2O. The molecule has 3 heteroatoms. The van der Waals surface area contributed by atoms with Gasteiger partial charge in [0.25, 0.3) is 0 Å². The van der Waals surface area contributed by atoms with E-state index in [1.54, 1.807) is 12.5 Å². The van der Waals surface area contributed by atoms with Crippen molar-refractivity contribution in [1.82, 2.24) is 9.97 Å². The Bertz CT molecular complexity index is 628. The first-order valence-electron chi connectivity index (χ1n) is 5.73. The Balaban J connectivity index is 0.000000111. The van der Waals surface area contributed by atoms with Crippen molar-refractivity contribution in [3.05, 3.63) is 67.3 Å². The quantitative estimate of drug-likeness (QED) is 0.501. The molecule has 88 valence electrons. The van der Waals surface area contributed by atoms with Gasteiger partial charge in [0.1, 0.15) is 5.58 Å². The van der Waals surface area contributed by atoms with Crippen LogP contribution in [0.2, 0.25) is 0 Å².